The highest BCUT2D eigenvalue weighted by Gasteiger charge is 2.41. The Morgan fingerprint density at radius 1 is 0.977 bits per heavy atom. The first-order valence-corrected chi connectivity index (χ1v) is 13.7. The molecule has 14 heteroatoms. The molecule has 2 aromatic carbocycles. The van der Waals surface area contributed by atoms with Gasteiger partial charge in [-0.25, -0.2) is 4.98 Å². The van der Waals surface area contributed by atoms with Crippen LogP contribution in [-0.4, -0.2) is 53.4 Å². The van der Waals surface area contributed by atoms with Gasteiger partial charge in [0.05, 0.1) is 47.2 Å². The van der Waals surface area contributed by atoms with Crippen molar-refractivity contribution in [1.29, 1.82) is 0 Å². The molecule has 1 fully saturated rings. The van der Waals surface area contributed by atoms with Crippen molar-refractivity contribution in [2.24, 2.45) is 0 Å². The first kappa shape index (κ1) is 32.8. The maximum atomic E-state index is 13.9. The third-order valence-corrected chi connectivity index (χ3v) is 8.06. The zero-order valence-electron chi connectivity index (χ0n) is 23.1. The number of pyridine rings is 1. The average Bonchev–Trinajstić information content (AvgIpc) is 3.32. The van der Waals surface area contributed by atoms with E-state index >= 15 is 0 Å². The van der Waals surface area contributed by atoms with E-state index in [9.17, 15) is 41.4 Å². The zero-order chi connectivity index (χ0) is 32.1. The van der Waals surface area contributed by atoms with Gasteiger partial charge in [-0.15, -0.1) is 0 Å². The number of halogens is 8. The van der Waals surface area contributed by atoms with Gasteiger partial charge in [0.15, 0.2) is 0 Å². The Bertz CT molecular complexity index is 1500. The number of rotatable bonds is 6. The monoisotopic (exact) mass is 649 g/mol. The van der Waals surface area contributed by atoms with Gasteiger partial charge in [0.25, 0.3) is 0 Å². The van der Waals surface area contributed by atoms with Crippen molar-refractivity contribution < 1.29 is 41.4 Å². The van der Waals surface area contributed by atoms with Crippen LogP contribution in [0.5, 0.6) is 0 Å². The highest BCUT2D eigenvalue weighted by molar-refractivity contribution is 6.35. The van der Waals surface area contributed by atoms with E-state index < -0.39 is 52.5 Å². The van der Waals surface area contributed by atoms with E-state index in [0.29, 0.717) is 34.1 Å². The van der Waals surface area contributed by atoms with Gasteiger partial charge < -0.3 is 20.0 Å². The molecule has 0 spiro atoms. The van der Waals surface area contributed by atoms with Gasteiger partial charge in [-0.05, 0) is 68.3 Å². The molecule has 6 nitrogen and oxygen atoms in total. The lowest BCUT2D eigenvalue weighted by atomic mass is 9.81. The van der Waals surface area contributed by atoms with E-state index in [-0.39, 0.29) is 36.3 Å². The number of carbonyl (C=O) groups excluding carboxylic acids is 1. The Hall–Kier alpha value is -3.06. The van der Waals surface area contributed by atoms with Crippen molar-refractivity contribution in [2.45, 2.75) is 50.2 Å². The van der Waals surface area contributed by atoms with Crippen molar-refractivity contribution in [2.75, 3.05) is 30.0 Å². The summed E-state index contributed by atoms with van der Waals surface area (Å²) >= 11 is 12.7. The summed E-state index contributed by atoms with van der Waals surface area (Å²) in [4.78, 5) is 21.1. The summed E-state index contributed by atoms with van der Waals surface area (Å²) in [6, 6.07) is 6.78. The maximum absolute atomic E-state index is 13.9. The molecule has 2 atom stereocenters. The van der Waals surface area contributed by atoms with E-state index in [1.54, 1.807) is 11.0 Å². The number of hydrogen-bond donors (Lipinski definition) is 2. The number of nitrogens with zero attached hydrogens (tertiary/aromatic N) is 3. The molecule has 0 saturated carbocycles. The number of alkyl halides is 6. The minimum absolute atomic E-state index is 0.00457. The van der Waals surface area contributed by atoms with Crippen molar-refractivity contribution in [1.82, 2.24) is 4.98 Å². The van der Waals surface area contributed by atoms with E-state index in [1.807, 2.05) is 0 Å². The Morgan fingerprint density at radius 2 is 1.56 bits per heavy atom. The van der Waals surface area contributed by atoms with Crippen LogP contribution < -0.4 is 9.80 Å². The zero-order valence-corrected chi connectivity index (χ0v) is 24.6. The lowest BCUT2D eigenvalue weighted by Crippen LogP contribution is -2.42. The fourth-order valence-corrected chi connectivity index (χ4v) is 5.49. The number of anilines is 2. The highest BCUT2D eigenvalue weighted by atomic mass is 35.5. The second kappa shape index (κ2) is 11.8. The number of aromatic nitrogens is 1. The van der Waals surface area contributed by atoms with Crippen LogP contribution in [0.1, 0.15) is 37.0 Å². The number of likely N-dealkylation sites (N-methyl/N-ethyl adjacent to an activating group) is 1. The van der Waals surface area contributed by atoms with E-state index in [2.05, 4.69) is 4.98 Å². The molecule has 0 radical (unpaired) electrons. The number of aliphatic hydroxyl groups excluding tert-OH is 2. The predicted octanol–water partition coefficient (Wildman–Crippen LogP) is 6.97. The van der Waals surface area contributed by atoms with Crippen LogP contribution in [0.2, 0.25) is 10.0 Å². The second-order valence-corrected chi connectivity index (χ2v) is 11.7. The van der Waals surface area contributed by atoms with Gasteiger partial charge in [-0.3, -0.25) is 4.79 Å². The van der Waals surface area contributed by atoms with Gasteiger partial charge in [0.1, 0.15) is 5.82 Å². The molecule has 1 aromatic heterocycles. The molecule has 2 heterocycles. The number of β-amino-alcohol motifs (C(OH)–C–C–N with tert-alkyl or cyclic N) is 1. The second-order valence-electron chi connectivity index (χ2n) is 10.8. The normalized spacial score (nSPS) is 17.8. The molecule has 3 aromatic rings. The summed E-state index contributed by atoms with van der Waals surface area (Å²) in [7, 11) is 1.32. The van der Waals surface area contributed by atoms with Crippen molar-refractivity contribution in [3.05, 3.63) is 75.4 Å². The Morgan fingerprint density at radius 3 is 2.12 bits per heavy atom. The standard InChI is InChI=1S/C29H27Cl2F6N3O3/c1-27(2,15-6-16(28(32,33)34)8-17(7-15)29(35,36)37)26(43)39(3)24-12-38-25(40-13-20(42)10-19(40)14-41)11-22(24)21-9-18(30)4-5-23(21)31/h4-9,11-12,19-20,41-42H,10,13-14H2,1-3H3. The third-order valence-electron chi connectivity index (χ3n) is 7.49. The van der Waals surface area contributed by atoms with Crippen LogP contribution in [-0.2, 0) is 22.6 Å². The van der Waals surface area contributed by atoms with Crippen LogP contribution in [0.4, 0.5) is 37.8 Å². The lowest BCUT2D eigenvalue weighted by Gasteiger charge is -2.32. The highest BCUT2D eigenvalue weighted by Crippen LogP contribution is 2.42. The third kappa shape index (κ3) is 6.72. The molecule has 1 aliphatic rings. The molecule has 43 heavy (non-hydrogen) atoms. The van der Waals surface area contributed by atoms with Crippen molar-refractivity contribution in [3.8, 4) is 11.1 Å². The number of aliphatic hydroxyl groups is 2. The number of hydrogen-bond acceptors (Lipinski definition) is 5. The Kier molecular flexibility index (Phi) is 9.01. The van der Waals surface area contributed by atoms with Gasteiger partial charge in [0, 0.05) is 34.8 Å². The number of amides is 1. The van der Waals surface area contributed by atoms with E-state index in [1.165, 1.54) is 45.3 Å². The summed E-state index contributed by atoms with van der Waals surface area (Å²) in [6.45, 7) is 2.36. The smallest absolute Gasteiger partial charge is 0.394 e. The quantitative estimate of drug-likeness (QED) is 0.282. The molecule has 232 valence electrons. The largest absolute Gasteiger partial charge is 0.416 e. The first-order chi connectivity index (χ1) is 19.8. The minimum Gasteiger partial charge on any atom is -0.394 e. The fraction of sp³-hybridized carbons (Fsp3) is 0.379. The van der Waals surface area contributed by atoms with E-state index in [4.69, 9.17) is 23.2 Å². The predicted molar refractivity (Wildman–Crippen MR) is 151 cm³/mol. The molecule has 1 aliphatic heterocycles. The molecule has 1 saturated heterocycles. The van der Waals surface area contributed by atoms with Gasteiger partial charge in [0.2, 0.25) is 5.91 Å². The van der Waals surface area contributed by atoms with Crippen LogP contribution in [0, 0.1) is 0 Å². The molecule has 2 N–H and O–H groups in total. The summed E-state index contributed by atoms with van der Waals surface area (Å²) in [5.74, 6) is -0.503. The Balaban J connectivity index is 1.84. The molecular formula is C29H27Cl2F6N3O3. The molecule has 4 rings (SSSR count). The van der Waals surface area contributed by atoms with Gasteiger partial charge >= 0.3 is 12.4 Å². The molecular weight excluding hydrogens is 623 g/mol. The van der Waals surface area contributed by atoms with Crippen LogP contribution in [0.15, 0.2) is 48.7 Å². The van der Waals surface area contributed by atoms with Crippen molar-refractivity contribution >= 4 is 40.6 Å². The van der Waals surface area contributed by atoms with Gasteiger partial charge in [-0.2, -0.15) is 26.3 Å². The topological polar surface area (TPSA) is 76.9 Å². The van der Waals surface area contributed by atoms with Crippen LogP contribution >= 0.6 is 23.2 Å². The minimum atomic E-state index is -5.09. The first-order valence-electron chi connectivity index (χ1n) is 12.9. The summed E-state index contributed by atoms with van der Waals surface area (Å²) in [6.07, 6.45) is -9.31. The van der Waals surface area contributed by atoms with Gasteiger partial charge in [-0.1, -0.05) is 23.2 Å². The van der Waals surface area contributed by atoms with Crippen molar-refractivity contribution in [3.63, 3.8) is 0 Å². The fourth-order valence-electron chi connectivity index (χ4n) is 5.09. The lowest BCUT2D eigenvalue weighted by molar-refractivity contribution is -0.143. The summed E-state index contributed by atoms with van der Waals surface area (Å²) < 4.78 is 81.4. The maximum Gasteiger partial charge on any atom is 0.416 e. The van der Waals surface area contributed by atoms with Crippen LogP contribution in [0.3, 0.4) is 0 Å². The van der Waals surface area contributed by atoms with E-state index in [0.717, 1.165) is 4.90 Å². The molecule has 1 amide bonds. The number of benzene rings is 2. The Labute approximate surface area is 253 Å². The molecule has 2 unspecified atom stereocenters. The number of carbonyl (C=O) groups is 1. The SMILES string of the molecule is CN(C(=O)C(C)(C)c1cc(C(F)(F)F)cc(C(F)(F)F)c1)c1cnc(N2CC(O)CC2CO)cc1-c1cc(Cl)ccc1Cl. The molecule has 0 bridgehead atoms. The summed E-state index contributed by atoms with van der Waals surface area (Å²) in [5.41, 5.74) is -4.62. The molecule has 0 aliphatic carbocycles. The summed E-state index contributed by atoms with van der Waals surface area (Å²) in [5, 5.41) is 20.5. The van der Waals surface area contributed by atoms with Crippen LogP contribution in [0.25, 0.3) is 11.1 Å². The average molecular weight is 650 g/mol.